The highest BCUT2D eigenvalue weighted by molar-refractivity contribution is 6.30. The molecular formula is C19H13ClF6N6O2. The second-order valence-corrected chi connectivity index (χ2v) is 6.73. The summed E-state index contributed by atoms with van der Waals surface area (Å²) in [5.41, 5.74) is 3.25. The molecule has 0 aliphatic heterocycles. The zero-order valence-corrected chi connectivity index (χ0v) is 17.4. The number of hydrazone groups is 1. The van der Waals surface area contributed by atoms with E-state index in [1.54, 1.807) is 24.3 Å². The minimum Gasteiger partial charge on any atom is -0.454 e. The quantitative estimate of drug-likeness (QED) is 0.235. The van der Waals surface area contributed by atoms with Gasteiger partial charge in [-0.1, -0.05) is 23.7 Å². The third-order valence-electron chi connectivity index (χ3n) is 3.55. The van der Waals surface area contributed by atoms with Gasteiger partial charge in [0.25, 0.3) is 5.95 Å². The fourth-order valence-corrected chi connectivity index (χ4v) is 2.49. The Kier molecular flexibility index (Phi) is 7.61. The molecule has 3 aromatic rings. The van der Waals surface area contributed by atoms with E-state index in [2.05, 4.69) is 40.3 Å². The molecule has 2 aromatic carbocycles. The number of ether oxygens (including phenoxy) is 2. The molecule has 0 aliphatic rings. The molecule has 2 N–H and O–H groups in total. The first-order chi connectivity index (χ1) is 15.9. The smallest absolute Gasteiger partial charge is 0.454 e. The van der Waals surface area contributed by atoms with Crippen molar-refractivity contribution in [1.29, 1.82) is 0 Å². The number of rotatable bonds is 8. The number of halogens is 7. The minimum absolute atomic E-state index is 0.205. The van der Waals surface area contributed by atoms with Gasteiger partial charge in [0, 0.05) is 10.7 Å². The lowest BCUT2D eigenvalue weighted by molar-refractivity contribution is -0.274. The Morgan fingerprint density at radius 2 is 1.65 bits per heavy atom. The van der Waals surface area contributed by atoms with Crippen molar-refractivity contribution in [2.24, 2.45) is 5.10 Å². The minimum atomic E-state index is -4.86. The molecule has 0 unspecified atom stereocenters. The molecule has 8 nitrogen and oxygen atoms in total. The standard InChI is InChI=1S/C19H13ClF6N6O2/c20-12-3-1-2-11(8-12)9-27-32-16-29-15(30-17(31-16)33-10-18(21,22)23)28-13-4-6-14(7-5-13)34-19(24,25)26/h1-9H,10H2,(H2,28,29,30,31,32)/b27-9+. The molecule has 1 aromatic heterocycles. The molecule has 34 heavy (non-hydrogen) atoms. The van der Waals surface area contributed by atoms with Gasteiger partial charge >= 0.3 is 18.5 Å². The van der Waals surface area contributed by atoms with Crippen LogP contribution >= 0.6 is 11.6 Å². The summed E-state index contributed by atoms with van der Waals surface area (Å²) in [6, 6.07) is 10.4. The average molecular weight is 507 g/mol. The van der Waals surface area contributed by atoms with E-state index in [1.165, 1.54) is 18.3 Å². The first kappa shape index (κ1) is 24.8. The van der Waals surface area contributed by atoms with Gasteiger partial charge in [-0.05, 0) is 42.0 Å². The Balaban J connectivity index is 1.78. The zero-order valence-electron chi connectivity index (χ0n) is 16.7. The van der Waals surface area contributed by atoms with Crippen molar-refractivity contribution in [3.63, 3.8) is 0 Å². The lowest BCUT2D eigenvalue weighted by Gasteiger charge is -2.12. The second kappa shape index (κ2) is 10.4. The van der Waals surface area contributed by atoms with Gasteiger partial charge in [-0.2, -0.15) is 33.2 Å². The highest BCUT2D eigenvalue weighted by atomic mass is 35.5. The van der Waals surface area contributed by atoms with Crippen LogP contribution in [0.2, 0.25) is 5.02 Å². The molecular weight excluding hydrogens is 494 g/mol. The van der Waals surface area contributed by atoms with Gasteiger partial charge in [0.15, 0.2) is 6.61 Å². The second-order valence-electron chi connectivity index (χ2n) is 6.29. The third kappa shape index (κ3) is 8.61. The van der Waals surface area contributed by atoms with Gasteiger partial charge in [-0.15, -0.1) is 13.2 Å². The molecule has 15 heteroatoms. The summed E-state index contributed by atoms with van der Waals surface area (Å²) in [5, 5.41) is 6.96. The van der Waals surface area contributed by atoms with Crippen LogP contribution in [-0.4, -0.2) is 40.3 Å². The van der Waals surface area contributed by atoms with Crippen molar-refractivity contribution in [3.05, 3.63) is 59.1 Å². The largest absolute Gasteiger partial charge is 0.573 e. The van der Waals surface area contributed by atoms with Crippen LogP contribution < -0.4 is 20.2 Å². The van der Waals surface area contributed by atoms with Gasteiger partial charge < -0.3 is 14.8 Å². The van der Waals surface area contributed by atoms with E-state index in [-0.39, 0.29) is 17.6 Å². The van der Waals surface area contributed by atoms with E-state index in [0.29, 0.717) is 10.6 Å². The fourth-order valence-electron chi connectivity index (χ4n) is 2.29. The average Bonchev–Trinajstić information content (AvgIpc) is 2.72. The molecule has 3 rings (SSSR count). The third-order valence-corrected chi connectivity index (χ3v) is 3.79. The number of hydrogen-bond acceptors (Lipinski definition) is 8. The van der Waals surface area contributed by atoms with Gasteiger partial charge in [0.2, 0.25) is 5.95 Å². The molecule has 0 radical (unpaired) electrons. The summed E-state index contributed by atoms with van der Waals surface area (Å²) < 4.78 is 82.7. The van der Waals surface area contributed by atoms with Crippen molar-refractivity contribution >= 4 is 35.4 Å². The lowest BCUT2D eigenvalue weighted by atomic mass is 10.2. The first-order valence-corrected chi connectivity index (χ1v) is 9.46. The topological polar surface area (TPSA) is 93.5 Å². The Morgan fingerprint density at radius 1 is 0.941 bits per heavy atom. The van der Waals surface area contributed by atoms with Crippen molar-refractivity contribution in [3.8, 4) is 11.8 Å². The molecule has 0 bridgehead atoms. The van der Waals surface area contributed by atoms with Gasteiger partial charge in [-0.3, -0.25) is 0 Å². The van der Waals surface area contributed by atoms with Crippen LogP contribution in [0.4, 0.5) is 43.9 Å². The van der Waals surface area contributed by atoms with E-state index in [9.17, 15) is 26.3 Å². The van der Waals surface area contributed by atoms with Crippen molar-refractivity contribution in [2.45, 2.75) is 12.5 Å². The summed E-state index contributed by atoms with van der Waals surface area (Å²) in [5.74, 6) is -1.01. The summed E-state index contributed by atoms with van der Waals surface area (Å²) in [7, 11) is 0. The number of hydrogen-bond donors (Lipinski definition) is 2. The summed E-state index contributed by atoms with van der Waals surface area (Å²) in [6.07, 6.45) is -8.15. The van der Waals surface area contributed by atoms with E-state index < -0.39 is 30.9 Å². The predicted octanol–water partition coefficient (Wildman–Crippen LogP) is 5.55. The molecule has 0 amide bonds. The van der Waals surface area contributed by atoms with Gasteiger partial charge in [-0.25, -0.2) is 5.43 Å². The van der Waals surface area contributed by atoms with Crippen LogP contribution in [0.1, 0.15) is 5.56 Å². The molecule has 0 aliphatic carbocycles. The maximum atomic E-state index is 12.5. The molecule has 0 fully saturated rings. The summed E-state index contributed by atoms with van der Waals surface area (Å²) in [4.78, 5) is 11.4. The Bertz CT molecular complexity index is 1140. The molecule has 1 heterocycles. The van der Waals surface area contributed by atoms with E-state index in [4.69, 9.17) is 11.6 Å². The highest BCUT2D eigenvalue weighted by Crippen LogP contribution is 2.25. The van der Waals surface area contributed by atoms with Crippen molar-refractivity contribution in [2.75, 3.05) is 17.3 Å². The van der Waals surface area contributed by atoms with E-state index in [1.807, 2.05) is 0 Å². The number of benzene rings is 2. The summed E-state index contributed by atoms with van der Waals surface area (Å²) >= 11 is 5.88. The normalized spacial score (nSPS) is 12.0. The monoisotopic (exact) mass is 506 g/mol. The van der Waals surface area contributed by atoms with Crippen LogP contribution in [0.15, 0.2) is 53.6 Å². The number of nitrogens with zero attached hydrogens (tertiary/aromatic N) is 4. The highest BCUT2D eigenvalue weighted by Gasteiger charge is 2.31. The maximum Gasteiger partial charge on any atom is 0.573 e. The SMILES string of the molecule is FC(F)(F)COc1nc(N/N=C/c2cccc(Cl)c2)nc(Nc2ccc(OC(F)(F)F)cc2)n1. The Morgan fingerprint density at radius 3 is 2.29 bits per heavy atom. The summed E-state index contributed by atoms with van der Waals surface area (Å²) in [6.45, 7) is -1.66. The van der Waals surface area contributed by atoms with Crippen molar-refractivity contribution < 1.29 is 35.8 Å². The van der Waals surface area contributed by atoms with Crippen LogP contribution in [0.3, 0.4) is 0 Å². The van der Waals surface area contributed by atoms with Crippen LogP contribution in [0.5, 0.6) is 11.8 Å². The fraction of sp³-hybridized carbons (Fsp3) is 0.158. The molecule has 0 atom stereocenters. The van der Waals surface area contributed by atoms with E-state index in [0.717, 1.165) is 12.1 Å². The molecule has 180 valence electrons. The molecule has 0 spiro atoms. The Labute approximate surface area is 192 Å². The zero-order chi connectivity index (χ0) is 24.8. The first-order valence-electron chi connectivity index (χ1n) is 9.08. The number of anilines is 3. The Hall–Kier alpha value is -3.81. The lowest BCUT2D eigenvalue weighted by Crippen LogP contribution is -2.20. The number of alkyl halides is 6. The molecule has 0 saturated heterocycles. The van der Waals surface area contributed by atoms with Gasteiger partial charge in [0.05, 0.1) is 6.21 Å². The number of aromatic nitrogens is 3. The van der Waals surface area contributed by atoms with Crippen molar-refractivity contribution in [1.82, 2.24) is 15.0 Å². The van der Waals surface area contributed by atoms with Crippen LogP contribution in [0, 0.1) is 0 Å². The van der Waals surface area contributed by atoms with Crippen LogP contribution in [0.25, 0.3) is 0 Å². The predicted molar refractivity (Wildman–Crippen MR) is 110 cm³/mol. The van der Waals surface area contributed by atoms with Gasteiger partial charge in [0.1, 0.15) is 5.75 Å². The maximum absolute atomic E-state index is 12.5. The van der Waals surface area contributed by atoms with E-state index >= 15 is 0 Å². The molecule has 0 saturated carbocycles. The van der Waals surface area contributed by atoms with Crippen LogP contribution in [-0.2, 0) is 0 Å². The number of nitrogens with one attached hydrogen (secondary N) is 2.